The van der Waals surface area contributed by atoms with E-state index < -0.39 is 0 Å². The Bertz CT molecular complexity index is 672. The quantitative estimate of drug-likeness (QED) is 0.743. The molecule has 0 atom stereocenters. The molecule has 0 aliphatic carbocycles. The van der Waals surface area contributed by atoms with Gasteiger partial charge in [0, 0.05) is 5.56 Å². The average molecular weight is 241 g/mol. The van der Waals surface area contributed by atoms with E-state index in [0.717, 1.165) is 16.7 Å². The molecule has 0 aliphatic heterocycles. The molecule has 0 spiro atoms. The molecule has 2 heterocycles. The maximum absolute atomic E-state index is 5.26. The van der Waals surface area contributed by atoms with Gasteiger partial charge in [0.05, 0.1) is 0 Å². The molecule has 0 radical (unpaired) electrons. The summed E-state index contributed by atoms with van der Waals surface area (Å²) in [6.45, 7) is 4.03. The summed E-state index contributed by atoms with van der Waals surface area (Å²) >= 11 is 0. The van der Waals surface area contributed by atoms with Gasteiger partial charge in [-0.2, -0.15) is 10.1 Å². The molecule has 0 saturated carbocycles. The minimum atomic E-state index is 0.406. The van der Waals surface area contributed by atoms with Crippen molar-refractivity contribution in [3.05, 3.63) is 35.7 Å². The smallest absolute Gasteiger partial charge is 0.258 e. The third-order valence-electron chi connectivity index (χ3n) is 2.68. The second-order valence-electron chi connectivity index (χ2n) is 4.08. The van der Waals surface area contributed by atoms with Gasteiger partial charge in [-0.15, -0.1) is 0 Å². The van der Waals surface area contributed by atoms with Crippen LogP contribution in [0.4, 0.5) is 0 Å². The molecule has 18 heavy (non-hydrogen) atoms. The van der Waals surface area contributed by atoms with Crippen LogP contribution in [-0.2, 0) is 0 Å². The highest BCUT2D eigenvalue weighted by Crippen LogP contribution is 2.24. The van der Waals surface area contributed by atoms with Gasteiger partial charge in [-0.1, -0.05) is 22.9 Å². The molecular formula is C12H11N5O. The Labute approximate surface area is 103 Å². The van der Waals surface area contributed by atoms with Crippen molar-refractivity contribution in [1.29, 1.82) is 0 Å². The first kappa shape index (κ1) is 10.6. The van der Waals surface area contributed by atoms with Gasteiger partial charge in [0.2, 0.25) is 5.82 Å². The van der Waals surface area contributed by atoms with Crippen molar-refractivity contribution in [2.75, 3.05) is 0 Å². The summed E-state index contributed by atoms with van der Waals surface area (Å²) in [6.07, 6.45) is 1.41. The van der Waals surface area contributed by atoms with E-state index in [9.17, 15) is 0 Å². The van der Waals surface area contributed by atoms with Gasteiger partial charge >= 0.3 is 0 Å². The average Bonchev–Trinajstić information content (AvgIpc) is 3.00. The summed E-state index contributed by atoms with van der Waals surface area (Å²) in [5.41, 5.74) is 3.18. The maximum atomic E-state index is 5.26. The first-order valence-corrected chi connectivity index (χ1v) is 5.51. The molecule has 6 heteroatoms. The molecule has 1 N–H and O–H groups in total. The number of nitrogens with one attached hydrogen (secondary N) is 1. The highest BCUT2D eigenvalue weighted by Gasteiger charge is 2.14. The van der Waals surface area contributed by atoms with Crippen molar-refractivity contribution in [3.8, 4) is 23.1 Å². The number of hydrogen-bond acceptors (Lipinski definition) is 5. The van der Waals surface area contributed by atoms with Gasteiger partial charge in [0.15, 0.2) is 5.82 Å². The van der Waals surface area contributed by atoms with Crippen LogP contribution in [0.25, 0.3) is 23.1 Å². The zero-order chi connectivity index (χ0) is 12.5. The van der Waals surface area contributed by atoms with Crippen molar-refractivity contribution in [2.24, 2.45) is 0 Å². The number of hydrogen-bond donors (Lipinski definition) is 1. The zero-order valence-electron chi connectivity index (χ0n) is 10.0. The number of rotatable bonds is 2. The largest absolute Gasteiger partial charge is 0.333 e. The summed E-state index contributed by atoms with van der Waals surface area (Å²) < 4.78 is 5.26. The lowest BCUT2D eigenvalue weighted by molar-refractivity contribution is 0.431. The van der Waals surface area contributed by atoms with Gasteiger partial charge in [0.1, 0.15) is 6.33 Å². The lowest BCUT2D eigenvalue weighted by atomic mass is 10.1. The molecule has 0 bridgehead atoms. The molecule has 0 unspecified atom stereocenters. The van der Waals surface area contributed by atoms with Crippen LogP contribution in [0, 0.1) is 13.8 Å². The van der Waals surface area contributed by atoms with Crippen LogP contribution in [0.5, 0.6) is 0 Å². The van der Waals surface area contributed by atoms with Crippen LogP contribution in [0.1, 0.15) is 11.1 Å². The van der Waals surface area contributed by atoms with Crippen molar-refractivity contribution < 1.29 is 4.52 Å². The van der Waals surface area contributed by atoms with E-state index in [2.05, 4.69) is 25.3 Å². The van der Waals surface area contributed by atoms with Crippen LogP contribution >= 0.6 is 0 Å². The topological polar surface area (TPSA) is 80.5 Å². The fourth-order valence-corrected chi connectivity index (χ4v) is 1.71. The summed E-state index contributed by atoms with van der Waals surface area (Å²) in [5.74, 6) is 1.39. The number of aryl methyl sites for hydroxylation is 2. The number of H-pyrrole nitrogens is 1. The number of aromatic amines is 1. The first-order chi connectivity index (χ1) is 8.74. The van der Waals surface area contributed by atoms with Crippen molar-refractivity contribution in [1.82, 2.24) is 25.3 Å². The molecule has 3 aromatic rings. The van der Waals surface area contributed by atoms with E-state index in [1.165, 1.54) is 6.33 Å². The Balaban J connectivity index is 2.05. The lowest BCUT2D eigenvalue weighted by Crippen LogP contribution is -1.86. The standard InChI is InChI=1S/C12H11N5O/c1-7-3-4-8(2)9(5-7)12-15-11(17-18-12)10-13-6-14-16-10/h3-6H,1-2H3,(H,13,14,16). The Kier molecular flexibility index (Phi) is 2.40. The highest BCUT2D eigenvalue weighted by atomic mass is 16.5. The Morgan fingerprint density at radius 3 is 2.89 bits per heavy atom. The number of benzene rings is 1. The normalized spacial score (nSPS) is 10.8. The zero-order valence-corrected chi connectivity index (χ0v) is 10.0. The summed E-state index contributed by atoms with van der Waals surface area (Å²) in [6, 6.07) is 6.10. The van der Waals surface area contributed by atoms with E-state index in [-0.39, 0.29) is 0 Å². The van der Waals surface area contributed by atoms with E-state index in [0.29, 0.717) is 17.5 Å². The van der Waals surface area contributed by atoms with E-state index >= 15 is 0 Å². The Hall–Kier alpha value is -2.50. The first-order valence-electron chi connectivity index (χ1n) is 5.51. The molecule has 0 fully saturated rings. The molecule has 1 aromatic carbocycles. The van der Waals surface area contributed by atoms with Gasteiger partial charge in [0.25, 0.3) is 5.89 Å². The van der Waals surface area contributed by atoms with E-state index in [4.69, 9.17) is 4.52 Å². The monoisotopic (exact) mass is 241 g/mol. The minimum absolute atomic E-state index is 0.406. The number of nitrogens with zero attached hydrogens (tertiary/aromatic N) is 4. The predicted octanol–water partition coefficient (Wildman–Crippen LogP) is 2.14. The molecule has 90 valence electrons. The summed E-state index contributed by atoms with van der Waals surface area (Å²) in [5, 5.41) is 10.3. The SMILES string of the molecule is Cc1ccc(C)c(-c2nc(-c3ncn[nH]3)no2)c1. The third-order valence-corrected chi connectivity index (χ3v) is 2.68. The Morgan fingerprint density at radius 1 is 1.22 bits per heavy atom. The van der Waals surface area contributed by atoms with Crippen LogP contribution < -0.4 is 0 Å². The van der Waals surface area contributed by atoms with Gasteiger partial charge in [-0.25, -0.2) is 4.98 Å². The molecular weight excluding hydrogens is 230 g/mol. The van der Waals surface area contributed by atoms with Gasteiger partial charge in [-0.3, -0.25) is 5.10 Å². The molecule has 6 nitrogen and oxygen atoms in total. The van der Waals surface area contributed by atoms with Gasteiger partial charge in [-0.05, 0) is 25.5 Å². The van der Waals surface area contributed by atoms with E-state index in [1.807, 2.05) is 32.0 Å². The van der Waals surface area contributed by atoms with Gasteiger partial charge < -0.3 is 4.52 Å². The molecule has 0 amide bonds. The second-order valence-corrected chi connectivity index (χ2v) is 4.08. The third kappa shape index (κ3) is 1.77. The van der Waals surface area contributed by atoms with Crippen LogP contribution in [0.2, 0.25) is 0 Å². The fraction of sp³-hybridized carbons (Fsp3) is 0.167. The lowest BCUT2D eigenvalue weighted by Gasteiger charge is -2.01. The van der Waals surface area contributed by atoms with Crippen molar-refractivity contribution >= 4 is 0 Å². The predicted molar refractivity (Wildman–Crippen MR) is 64.6 cm³/mol. The van der Waals surface area contributed by atoms with Crippen molar-refractivity contribution in [3.63, 3.8) is 0 Å². The van der Waals surface area contributed by atoms with E-state index in [1.54, 1.807) is 0 Å². The molecule has 3 rings (SSSR count). The van der Waals surface area contributed by atoms with Crippen LogP contribution in [-0.4, -0.2) is 25.3 Å². The molecule has 0 saturated heterocycles. The number of aromatic nitrogens is 5. The summed E-state index contributed by atoms with van der Waals surface area (Å²) in [4.78, 5) is 8.30. The highest BCUT2D eigenvalue weighted by molar-refractivity contribution is 5.61. The maximum Gasteiger partial charge on any atom is 0.258 e. The van der Waals surface area contributed by atoms with Crippen molar-refractivity contribution in [2.45, 2.75) is 13.8 Å². The Morgan fingerprint density at radius 2 is 2.11 bits per heavy atom. The minimum Gasteiger partial charge on any atom is -0.333 e. The molecule has 0 aliphatic rings. The molecule has 2 aromatic heterocycles. The van der Waals surface area contributed by atoms with Crippen LogP contribution in [0.15, 0.2) is 29.0 Å². The second kappa shape index (κ2) is 4.06. The summed E-state index contributed by atoms with van der Waals surface area (Å²) in [7, 11) is 0. The van der Waals surface area contributed by atoms with Crippen LogP contribution in [0.3, 0.4) is 0 Å². The fourth-order valence-electron chi connectivity index (χ4n) is 1.71.